The minimum Gasteiger partial charge on any atom is -0.354 e. The summed E-state index contributed by atoms with van der Waals surface area (Å²) in [6.45, 7) is 1.26. The van der Waals surface area contributed by atoms with Gasteiger partial charge in [0.15, 0.2) is 0 Å². The Hall–Kier alpha value is -2.70. The molecule has 1 amide bonds. The van der Waals surface area contributed by atoms with Crippen molar-refractivity contribution in [2.45, 2.75) is 25.9 Å². The van der Waals surface area contributed by atoms with Crippen molar-refractivity contribution in [3.8, 4) is 11.3 Å². The number of hydrogen-bond donors (Lipinski definition) is 3. The third kappa shape index (κ3) is 3.46. The molecule has 27 heavy (non-hydrogen) atoms. The van der Waals surface area contributed by atoms with Gasteiger partial charge < -0.3 is 10.3 Å². The number of hydroxylamine groups is 1. The molecule has 140 valence electrons. The van der Waals surface area contributed by atoms with Crippen LogP contribution < -0.4 is 10.8 Å². The van der Waals surface area contributed by atoms with E-state index in [1.807, 2.05) is 7.05 Å². The quantitative estimate of drug-likeness (QED) is 0.582. The molecular formula is C21H22FN3O2. The molecule has 0 unspecified atom stereocenters. The number of carbonyl (C=O) groups is 1. The Bertz CT molecular complexity index is 979. The van der Waals surface area contributed by atoms with Gasteiger partial charge in [-0.15, -0.1) is 0 Å². The van der Waals surface area contributed by atoms with Gasteiger partial charge in [0.2, 0.25) is 0 Å². The summed E-state index contributed by atoms with van der Waals surface area (Å²) < 4.78 is 13.9. The van der Waals surface area contributed by atoms with E-state index in [1.165, 1.54) is 17.7 Å². The van der Waals surface area contributed by atoms with E-state index in [-0.39, 0.29) is 6.61 Å². The molecule has 0 fully saturated rings. The van der Waals surface area contributed by atoms with Gasteiger partial charge in [0.1, 0.15) is 12.4 Å². The first-order valence-corrected chi connectivity index (χ1v) is 9.17. The lowest BCUT2D eigenvalue weighted by Gasteiger charge is -2.06. The Labute approximate surface area is 156 Å². The molecule has 3 aromatic rings. The van der Waals surface area contributed by atoms with Gasteiger partial charge in [-0.3, -0.25) is 9.63 Å². The first kappa shape index (κ1) is 17.7. The van der Waals surface area contributed by atoms with E-state index in [2.05, 4.69) is 40.0 Å². The number of aromatic nitrogens is 1. The fraction of sp³-hybridized carbons (Fsp3) is 0.286. The Balaban J connectivity index is 1.69. The number of halogens is 1. The Morgan fingerprint density at radius 1 is 1.19 bits per heavy atom. The number of aromatic amines is 1. The molecule has 5 nitrogen and oxygen atoms in total. The van der Waals surface area contributed by atoms with Crippen LogP contribution in [0, 0.1) is 5.82 Å². The van der Waals surface area contributed by atoms with E-state index < -0.39 is 11.7 Å². The van der Waals surface area contributed by atoms with Crippen LogP contribution >= 0.6 is 0 Å². The molecule has 0 bridgehead atoms. The SMILES string of the molecule is CNCCCCc1ccc(-c2[nH]c3cc(F)cc4c3c2CONC4=O)cc1. The molecule has 0 radical (unpaired) electrons. The minimum absolute atomic E-state index is 0.228. The van der Waals surface area contributed by atoms with Crippen LogP contribution in [-0.2, 0) is 17.9 Å². The molecule has 6 heteroatoms. The van der Waals surface area contributed by atoms with Crippen molar-refractivity contribution in [3.05, 3.63) is 58.9 Å². The number of amides is 1. The van der Waals surface area contributed by atoms with E-state index in [9.17, 15) is 9.18 Å². The maximum atomic E-state index is 13.9. The normalized spacial score (nSPS) is 13.6. The molecule has 3 N–H and O–H groups in total. The average Bonchev–Trinajstić information content (AvgIpc) is 2.94. The molecule has 0 atom stereocenters. The smallest absolute Gasteiger partial charge is 0.275 e. The van der Waals surface area contributed by atoms with Gasteiger partial charge in [-0.2, -0.15) is 0 Å². The molecule has 0 aliphatic carbocycles. The van der Waals surface area contributed by atoms with Crippen LogP contribution in [0.4, 0.5) is 4.39 Å². The lowest BCUT2D eigenvalue weighted by Crippen LogP contribution is -2.21. The summed E-state index contributed by atoms with van der Waals surface area (Å²) in [6.07, 6.45) is 3.33. The second-order valence-corrected chi connectivity index (χ2v) is 6.83. The second-order valence-electron chi connectivity index (χ2n) is 6.83. The number of hydrogen-bond acceptors (Lipinski definition) is 3. The van der Waals surface area contributed by atoms with Crippen LogP contribution in [0.5, 0.6) is 0 Å². The zero-order valence-corrected chi connectivity index (χ0v) is 15.2. The third-order valence-corrected chi connectivity index (χ3v) is 4.98. The monoisotopic (exact) mass is 367 g/mol. The topological polar surface area (TPSA) is 66.2 Å². The number of rotatable bonds is 6. The molecule has 1 aliphatic heterocycles. The van der Waals surface area contributed by atoms with Gasteiger partial charge in [-0.1, -0.05) is 24.3 Å². The zero-order chi connectivity index (χ0) is 18.8. The van der Waals surface area contributed by atoms with Crippen molar-refractivity contribution in [1.82, 2.24) is 15.8 Å². The Morgan fingerprint density at radius 2 is 2.00 bits per heavy atom. The lowest BCUT2D eigenvalue weighted by molar-refractivity contribution is 0.0255. The number of nitrogens with one attached hydrogen (secondary N) is 3. The van der Waals surface area contributed by atoms with E-state index in [0.717, 1.165) is 48.0 Å². The summed E-state index contributed by atoms with van der Waals surface area (Å²) in [7, 11) is 1.97. The van der Waals surface area contributed by atoms with Crippen LogP contribution in [0.1, 0.15) is 34.3 Å². The van der Waals surface area contributed by atoms with Crippen molar-refractivity contribution < 1.29 is 14.0 Å². The summed E-state index contributed by atoms with van der Waals surface area (Å²) in [5.41, 5.74) is 7.25. The van der Waals surface area contributed by atoms with Crippen molar-refractivity contribution in [2.75, 3.05) is 13.6 Å². The van der Waals surface area contributed by atoms with Gasteiger partial charge >= 0.3 is 0 Å². The molecule has 0 spiro atoms. The Kier molecular flexibility index (Phi) is 4.92. The first-order valence-electron chi connectivity index (χ1n) is 9.17. The van der Waals surface area contributed by atoms with Crippen molar-refractivity contribution >= 4 is 16.8 Å². The van der Waals surface area contributed by atoms with Gasteiger partial charge in [-0.05, 0) is 56.1 Å². The Morgan fingerprint density at radius 3 is 2.78 bits per heavy atom. The predicted octanol–water partition coefficient (Wildman–Crippen LogP) is 3.69. The molecule has 2 aromatic carbocycles. The van der Waals surface area contributed by atoms with E-state index in [0.29, 0.717) is 11.1 Å². The second kappa shape index (κ2) is 7.50. The molecular weight excluding hydrogens is 345 g/mol. The highest BCUT2D eigenvalue weighted by atomic mass is 19.1. The van der Waals surface area contributed by atoms with Crippen molar-refractivity contribution in [2.24, 2.45) is 0 Å². The number of H-pyrrole nitrogens is 1. The highest BCUT2D eigenvalue weighted by Gasteiger charge is 2.24. The number of benzene rings is 2. The molecule has 2 heterocycles. The fourth-order valence-corrected chi connectivity index (χ4v) is 3.63. The summed E-state index contributed by atoms with van der Waals surface area (Å²) >= 11 is 0. The van der Waals surface area contributed by atoms with Gasteiger partial charge in [0.25, 0.3) is 5.91 Å². The predicted molar refractivity (Wildman–Crippen MR) is 103 cm³/mol. The number of aryl methyl sites for hydroxylation is 1. The van der Waals surface area contributed by atoms with E-state index in [4.69, 9.17) is 4.84 Å². The molecule has 1 aliphatic rings. The van der Waals surface area contributed by atoms with Gasteiger partial charge in [0.05, 0.1) is 11.3 Å². The zero-order valence-electron chi connectivity index (χ0n) is 15.2. The van der Waals surface area contributed by atoms with E-state index in [1.54, 1.807) is 0 Å². The largest absolute Gasteiger partial charge is 0.354 e. The van der Waals surface area contributed by atoms with Gasteiger partial charge in [0, 0.05) is 16.5 Å². The summed E-state index contributed by atoms with van der Waals surface area (Å²) in [5, 5.41) is 3.88. The molecule has 0 saturated heterocycles. The summed E-state index contributed by atoms with van der Waals surface area (Å²) in [5.74, 6) is -0.883. The highest BCUT2D eigenvalue weighted by Crippen LogP contribution is 2.35. The highest BCUT2D eigenvalue weighted by molar-refractivity contribution is 6.09. The van der Waals surface area contributed by atoms with Crippen LogP contribution in [0.25, 0.3) is 22.2 Å². The number of carbonyl (C=O) groups excluding carboxylic acids is 1. The van der Waals surface area contributed by atoms with Crippen LogP contribution in [0.3, 0.4) is 0 Å². The molecule has 4 rings (SSSR count). The summed E-state index contributed by atoms with van der Waals surface area (Å²) in [6, 6.07) is 11.0. The fourth-order valence-electron chi connectivity index (χ4n) is 3.63. The maximum absolute atomic E-state index is 13.9. The van der Waals surface area contributed by atoms with Gasteiger partial charge in [-0.25, -0.2) is 9.87 Å². The molecule has 1 aromatic heterocycles. The molecule has 0 saturated carbocycles. The maximum Gasteiger partial charge on any atom is 0.275 e. The first-order chi connectivity index (χ1) is 13.2. The number of unbranched alkanes of at least 4 members (excludes halogenated alkanes) is 1. The summed E-state index contributed by atoms with van der Waals surface area (Å²) in [4.78, 5) is 20.7. The van der Waals surface area contributed by atoms with E-state index >= 15 is 0 Å². The van der Waals surface area contributed by atoms with Crippen LogP contribution in [-0.4, -0.2) is 24.5 Å². The van der Waals surface area contributed by atoms with Crippen molar-refractivity contribution in [3.63, 3.8) is 0 Å². The third-order valence-electron chi connectivity index (χ3n) is 4.98. The average molecular weight is 367 g/mol. The van der Waals surface area contributed by atoms with Crippen LogP contribution in [0.15, 0.2) is 36.4 Å². The standard InChI is InChI=1S/C21H22FN3O2/c1-23-9-3-2-4-13-5-7-14(8-6-13)20-17-12-27-25-21(26)16-10-15(22)11-18(24-20)19(16)17/h5-8,10-11,23-24H,2-4,9,12H2,1H3,(H,25,26). The van der Waals surface area contributed by atoms with Crippen LogP contribution in [0.2, 0.25) is 0 Å². The minimum atomic E-state index is -0.453. The lowest BCUT2D eigenvalue weighted by atomic mass is 10.0. The van der Waals surface area contributed by atoms with Crippen molar-refractivity contribution in [1.29, 1.82) is 0 Å².